The zero-order valence-corrected chi connectivity index (χ0v) is 5.50. The maximum Gasteiger partial charge on any atom is 0.341 e. The van der Waals surface area contributed by atoms with E-state index < -0.39 is 0 Å². The monoisotopic (exact) mass is 136 g/mol. The normalized spacial score (nSPS) is 14.9. The lowest BCUT2D eigenvalue weighted by Crippen LogP contribution is -1.94. The van der Waals surface area contributed by atoms with Crippen LogP contribution in [-0.2, 0) is 9.53 Å². The van der Waals surface area contributed by atoms with Crippen molar-refractivity contribution >= 4 is 12.5 Å². The zero-order valence-electron chi connectivity index (χ0n) is 5.50. The number of rotatable bonds is 2. The molecule has 3 heteroatoms. The van der Waals surface area contributed by atoms with Crippen LogP contribution in [-0.4, -0.2) is 19.6 Å². The third kappa shape index (κ3) is 1.09. The third-order valence-electron chi connectivity index (χ3n) is 1.07. The van der Waals surface area contributed by atoms with Crippen LogP contribution in [0.1, 0.15) is 0 Å². The van der Waals surface area contributed by atoms with E-state index in [4.69, 9.17) is 4.74 Å². The van der Waals surface area contributed by atoms with Crippen LogP contribution in [0, 0.1) is 0 Å². The van der Waals surface area contributed by atoms with Gasteiger partial charge < -0.3 is 4.74 Å². The Morgan fingerprint density at radius 3 is 3.10 bits per heavy atom. The van der Waals surface area contributed by atoms with Gasteiger partial charge in [0.05, 0.1) is 13.2 Å². The van der Waals surface area contributed by atoms with Gasteiger partial charge >= 0.3 is 5.88 Å². The molecule has 0 bridgehead atoms. The highest BCUT2D eigenvalue weighted by Crippen LogP contribution is 2.08. The van der Waals surface area contributed by atoms with Crippen LogP contribution in [0.2, 0.25) is 0 Å². The molecule has 1 aliphatic rings. The fourth-order valence-corrected chi connectivity index (χ4v) is 0.612. The van der Waals surface area contributed by atoms with Crippen LogP contribution in [0.4, 0.5) is 0 Å². The van der Waals surface area contributed by atoms with Gasteiger partial charge in [-0.15, -0.1) is 0 Å². The van der Waals surface area contributed by atoms with Gasteiger partial charge in [-0.05, 0) is 4.99 Å². The second-order valence-corrected chi connectivity index (χ2v) is 1.66. The molecule has 0 fully saturated rings. The molecule has 0 N–H and O–H groups in total. The second-order valence-electron chi connectivity index (χ2n) is 1.66. The fraction of sp³-hybridized carbons (Fsp3) is 0.143. The van der Waals surface area contributed by atoms with Crippen molar-refractivity contribution in [3.05, 3.63) is 23.6 Å². The molecular weight excluding hydrogens is 130 g/mol. The highest BCUT2D eigenvalue weighted by molar-refractivity contribution is 5.85. The van der Waals surface area contributed by atoms with E-state index in [2.05, 4.69) is 11.2 Å². The van der Waals surface area contributed by atoms with Crippen molar-refractivity contribution in [2.24, 2.45) is 4.99 Å². The Morgan fingerprint density at radius 2 is 2.60 bits per heavy atom. The summed E-state index contributed by atoms with van der Waals surface area (Å²) in [6.07, 6.45) is 6.40. The van der Waals surface area contributed by atoms with Gasteiger partial charge in [-0.3, -0.25) is 4.79 Å². The van der Waals surface area contributed by atoms with E-state index in [0.717, 1.165) is 0 Å². The predicted octanol–water partition coefficient (Wildman–Crippen LogP) is 0.561. The minimum atomic E-state index is 0.317. The molecule has 1 rings (SSSR count). The predicted molar refractivity (Wildman–Crippen MR) is 36.7 cm³/mol. The van der Waals surface area contributed by atoms with Crippen LogP contribution < -0.4 is 0 Å². The lowest BCUT2D eigenvalue weighted by atomic mass is 10.2. The van der Waals surface area contributed by atoms with E-state index in [1.54, 1.807) is 12.2 Å². The van der Waals surface area contributed by atoms with Crippen molar-refractivity contribution in [3.63, 3.8) is 0 Å². The molecule has 0 aromatic carbocycles. The van der Waals surface area contributed by atoms with Crippen LogP contribution in [0.25, 0.3) is 0 Å². The van der Waals surface area contributed by atoms with Gasteiger partial charge in [-0.25, -0.2) is 0 Å². The molecule has 0 radical (unpaired) electrons. The Bertz CT molecular complexity index is 226. The van der Waals surface area contributed by atoms with Gasteiger partial charge in [0, 0.05) is 0 Å². The van der Waals surface area contributed by atoms with E-state index in [-0.39, 0.29) is 0 Å². The van der Waals surface area contributed by atoms with Crippen molar-refractivity contribution in [3.8, 4) is 0 Å². The summed E-state index contributed by atoms with van der Waals surface area (Å²) >= 11 is 0. The standard InChI is InChI=1S/C7H6NO2/c1-10-7-6(5-9)3-2-4-8-7/h2-3,5H,1H3/q+1. The number of ether oxygens (including phenoxy) is 1. The van der Waals surface area contributed by atoms with Gasteiger partial charge in [0.1, 0.15) is 6.08 Å². The summed E-state index contributed by atoms with van der Waals surface area (Å²) in [6.45, 7) is 0. The van der Waals surface area contributed by atoms with Crippen LogP contribution in [0.15, 0.2) is 28.6 Å². The molecule has 3 nitrogen and oxygen atoms in total. The molecule has 10 heavy (non-hydrogen) atoms. The van der Waals surface area contributed by atoms with Gasteiger partial charge in [0.15, 0.2) is 18.1 Å². The van der Waals surface area contributed by atoms with Gasteiger partial charge in [-0.2, -0.15) is 0 Å². The Morgan fingerprint density at radius 1 is 1.80 bits per heavy atom. The topological polar surface area (TPSA) is 38.7 Å². The summed E-state index contributed by atoms with van der Waals surface area (Å²) in [5, 5.41) is 0. The summed E-state index contributed by atoms with van der Waals surface area (Å²) in [5.41, 5.74) is 0.446. The molecule has 0 saturated carbocycles. The Labute approximate surface area is 58.7 Å². The highest BCUT2D eigenvalue weighted by Gasteiger charge is 2.13. The minimum absolute atomic E-state index is 0.317. The van der Waals surface area contributed by atoms with Crippen molar-refractivity contribution in [1.82, 2.24) is 0 Å². The first kappa shape index (κ1) is 6.65. The molecule has 0 saturated heterocycles. The van der Waals surface area contributed by atoms with Gasteiger partial charge in [0.25, 0.3) is 0 Å². The zero-order chi connectivity index (χ0) is 7.40. The molecule has 0 aromatic rings. The van der Waals surface area contributed by atoms with Gasteiger partial charge in [0.2, 0.25) is 0 Å². The number of methoxy groups -OCH3 is 1. The molecule has 1 aliphatic heterocycles. The highest BCUT2D eigenvalue weighted by atomic mass is 16.5. The van der Waals surface area contributed by atoms with Crippen molar-refractivity contribution in [1.29, 1.82) is 0 Å². The lowest BCUT2D eigenvalue weighted by Gasteiger charge is -1.92. The first-order valence-electron chi connectivity index (χ1n) is 2.74. The molecule has 0 aliphatic carbocycles. The van der Waals surface area contributed by atoms with E-state index in [0.29, 0.717) is 17.7 Å². The largest absolute Gasteiger partial charge is 0.421 e. The summed E-state index contributed by atoms with van der Waals surface area (Å²) in [7, 11) is 1.46. The third-order valence-corrected chi connectivity index (χ3v) is 1.07. The number of aldehydes is 1. The smallest absolute Gasteiger partial charge is 0.341 e. The van der Waals surface area contributed by atoms with E-state index in [1.165, 1.54) is 7.11 Å². The number of hydrogen-bond acceptors (Lipinski definition) is 3. The Hall–Kier alpha value is -1.47. The van der Waals surface area contributed by atoms with Crippen molar-refractivity contribution in [2.45, 2.75) is 0 Å². The van der Waals surface area contributed by atoms with E-state index in [9.17, 15) is 4.79 Å². The Balaban J connectivity index is 2.97. The number of hydrogen-bond donors (Lipinski definition) is 0. The number of allylic oxidation sites excluding steroid dienone is 3. The molecule has 0 unspecified atom stereocenters. The quantitative estimate of drug-likeness (QED) is 0.411. The van der Waals surface area contributed by atoms with Crippen molar-refractivity contribution in [2.75, 3.05) is 7.11 Å². The second kappa shape index (κ2) is 2.90. The lowest BCUT2D eigenvalue weighted by molar-refractivity contribution is -0.104. The maximum absolute atomic E-state index is 10.3. The summed E-state index contributed by atoms with van der Waals surface area (Å²) in [5.74, 6) is 0.317. The van der Waals surface area contributed by atoms with Gasteiger partial charge in [-0.1, -0.05) is 0 Å². The summed E-state index contributed by atoms with van der Waals surface area (Å²) < 4.78 is 4.76. The average Bonchev–Trinajstić information content (AvgIpc) is 2.04. The van der Waals surface area contributed by atoms with Crippen LogP contribution >= 0.6 is 0 Å². The molecule has 0 spiro atoms. The molecule has 0 atom stereocenters. The first-order chi connectivity index (χ1) is 4.88. The SMILES string of the molecule is COC1=C(C=O)C=C[C+]=N1. The number of carbonyl (C=O) groups is 1. The van der Waals surface area contributed by atoms with Crippen molar-refractivity contribution < 1.29 is 9.53 Å². The molecule has 50 valence electrons. The summed E-state index contributed by atoms with van der Waals surface area (Å²) in [4.78, 5) is 13.9. The number of aliphatic imine (C=N–C) groups is 1. The fourth-order valence-electron chi connectivity index (χ4n) is 0.612. The number of carbonyl (C=O) groups excluding carboxylic acids is 1. The van der Waals surface area contributed by atoms with Crippen LogP contribution in [0.3, 0.4) is 0 Å². The van der Waals surface area contributed by atoms with E-state index >= 15 is 0 Å². The van der Waals surface area contributed by atoms with Crippen LogP contribution in [0.5, 0.6) is 0 Å². The minimum Gasteiger partial charge on any atom is -0.421 e. The molecule has 0 amide bonds. The number of nitrogens with zero attached hydrogens (tertiary/aromatic N) is 1. The first-order valence-corrected chi connectivity index (χ1v) is 2.74. The average molecular weight is 136 g/mol. The molecule has 0 aromatic heterocycles. The Kier molecular flexibility index (Phi) is 1.92. The summed E-state index contributed by atoms with van der Waals surface area (Å²) in [6, 6.07) is 0. The molecular formula is C7H6NO2+. The van der Waals surface area contributed by atoms with E-state index in [1.807, 2.05) is 0 Å². The molecule has 1 heterocycles. The maximum atomic E-state index is 10.3.